The molecule has 0 aliphatic heterocycles. The number of halogens is 1. The lowest BCUT2D eigenvalue weighted by molar-refractivity contribution is 0.305. The van der Waals surface area contributed by atoms with Gasteiger partial charge in [-0.3, -0.25) is 4.79 Å². The number of ether oxygens (including phenoxy) is 3. The van der Waals surface area contributed by atoms with E-state index < -0.39 is 0 Å². The highest BCUT2D eigenvalue weighted by Crippen LogP contribution is 2.25. The minimum absolute atomic E-state index is 0.0797. The molecule has 0 saturated carbocycles. The van der Waals surface area contributed by atoms with Crippen LogP contribution in [0.15, 0.2) is 82.2 Å². The molecule has 6 heteroatoms. The molecule has 0 bridgehead atoms. The molecule has 0 N–H and O–H groups in total. The summed E-state index contributed by atoms with van der Waals surface area (Å²) in [5.74, 6) is 1.45. The molecule has 0 spiro atoms. The summed E-state index contributed by atoms with van der Waals surface area (Å²) in [4.78, 5) is 12.7. The molecule has 0 unspecified atom stereocenters. The zero-order valence-electron chi connectivity index (χ0n) is 15.6. The topological polar surface area (TPSA) is 57.9 Å². The summed E-state index contributed by atoms with van der Waals surface area (Å²) >= 11 is 0. The molecule has 0 fully saturated rings. The van der Waals surface area contributed by atoms with Crippen LogP contribution in [0.3, 0.4) is 0 Å². The first-order chi connectivity index (χ1) is 14.1. The molecule has 3 aromatic carbocycles. The van der Waals surface area contributed by atoms with E-state index in [0.717, 1.165) is 0 Å². The summed E-state index contributed by atoms with van der Waals surface area (Å²) in [6.45, 7) is 0.201. The van der Waals surface area contributed by atoms with Crippen LogP contribution in [0, 0.1) is 5.82 Å². The Morgan fingerprint density at radius 3 is 2.45 bits per heavy atom. The van der Waals surface area contributed by atoms with E-state index in [-0.39, 0.29) is 23.6 Å². The molecule has 0 aliphatic carbocycles. The van der Waals surface area contributed by atoms with E-state index in [0.29, 0.717) is 33.8 Å². The lowest BCUT2D eigenvalue weighted by atomic mass is 10.2. The van der Waals surface area contributed by atoms with Gasteiger partial charge >= 0.3 is 0 Å². The van der Waals surface area contributed by atoms with Gasteiger partial charge in [0.15, 0.2) is 0 Å². The van der Waals surface area contributed by atoms with Crippen molar-refractivity contribution in [3.63, 3.8) is 0 Å². The Hall–Kier alpha value is -3.80. The first kappa shape index (κ1) is 18.6. The van der Waals surface area contributed by atoms with Gasteiger partial charge in [-0.25, -0.2) is 4.39 Å². The van der Waals surface area contributed by atoms with Gasteiger partial charge in [-0.1, -0.05) is 12.1 Å². The molecule has 0 amide bonds. The highest BCUT2D eigenvalue weighted by atomic mass is 19.1. The molecule has 4 rings (SSSR count). The third-order valence-electron chi connectivity index (χ3n) is 4.30. The van der Waals surface area contributed by atoms with Crippen molar-refractivity contribution in [2.24, 2.45) is 0 Å². The zero-order chi connectivity index (χ0) is 20.2. The number of fused-ring (bicyclic) bond motifs is 1. The fraction of sp³-hybridized carbons (Fsp3) is 0.0870. The number of benzene rings is 3. The predicted molar refractivity (Wildman–Crippen MR) is 106 cm³/mol. The van der Waals surface area contributed by atoms with Crippen molar-refractivity contribution in [3.05, 3.63) is 94.6 Å². The van der Waals surface area contributed by atoms with Crippen molar-refractivity contribution < 1.29 is 23.0 Å². The molecule has 146 valence electrons. The second kappa shape index (κ2) is 8.06. The maximum absolute atomic E-state index is 13.3. The average Bonchev–Trinajstić information content (AvgIpc) is 2.75. The maximum Gasteiger partial charge on any atom is 0.235 e. The van der Waals surface area contributed by atoms with Crippen LogP contribution < -0.4 is 19.6 Å². The van der Waals surface area contributed by atoms with Crippen LogP contribution >= 0.6 is 0 Å². The first-order valence-corrected chi connectivity index (χ1v) is 8.87. The van der Waals surface area contributed by atoms with Gasteiger partial charge in [-0.05, 0) is 54.1 Å². The molecule has 5 nitrogen and oxygen atoms in total. The number of methoxy groups -OCH3 is 1. The molecular formula is C23H17FO5. The number of hydrogen-bond donors (Lipinski definition) is 0. The molecule has 1 heterocycles. The molecule has 0 saturated heterocycles. The average molecular weight is 392 g/mol. The van der Waals surface area contributed by atoms with E-state index in [2.05, 4.69) is 0 Å². The highest BCUT2D eigenvalue weighted by molar-refractivity contribution is 5.79. The summed E-state index contributed by atoms with van der Waals surface area (Å²) < 4.78 is 35.2. The fourth-order valence-corrected chi connectivity index (χ4v) is 2.82. The van der Waals surface area contributed by atoms with E-state index in [1.807, 2.05) is 0 Å². The largest absolute Gasteiger partial charge is 0.497 e. The van der Waals surface area contributed by atoms with E-state index in [1.165, 1.54) is 18.4 Å². The van der Waals surface area contributed by atoms with Gasteiger partial charge in [-0.2, -0.15) is 0 Å². The minimum atomic E-state index is -0.319. The van der Waals surface area contributed by atoms with Gasteiger partial charge in [-0.15, -0.1) is 0 Å². The second-order valence-corrected chi connectivity index (χ2v) is 6.28. The van der Waals surface area contributed by atoms with E-state index in [4.69, 9.17) is 18.6 Å². The molecule has 1 aromatic heterocycles. The predicted octanol–water partition coefficient (Wildman–Crippen LogP) is 5.31. The fourth-order valence-electron chi connectivity index (χ4n) is 2.82. The Balaban J connectivity index is 1.53. The molecule has 0 radical (unpaired) electrons. The van der Waals surface area contributed by atoms with Crippen molar-refractivity contribution in [1.82, 2.24) is 0 Å². The van der Waals surface area contributed by atoms with Gasteiger partial charge in [0.2, 0.25) is 11.2 Å². The van der Waals surface area contributed by atoms with E-state index in [9.17, 15) is 9.18 Å². The van der Waals surface area contributed by atoms with E-state index >= 15 is 0 Å². The molecule has 0 aliphatic rings. The van der Waals surface area contributed by atoms with Crippen molar-refractivity contribution >= 4 is 11.0 Å². The van der Waals surface area contributed by atoms with Crippen molar-refractivity contribution in [1.29, 1.82) is 0 Å². The Bertz CT molecular complexity index is 1200. The smallest absolute Gasteiger partial charge is 0.235 e. The monoisotopic (exact) mass is 392 g/mol. The lowest BCUT2D eigenvalue weighted by Crippen LogP contribution is -2.05. The minimum Gasteiger partial charge on any atom is -0.497 e. The Kier molecular flexibility index (Phi) is 5.16. The van der Waals surface area contributed by atoms with Crippen molar-refractivity contribution in [3.8, 4) is 23.0 Å². The van der Waals surface area contributed by atoms with Gasteiger partial charge in [0.05, 0.1) is 12.5 Å². The van der Waals surface area contributed by atoms with Crippen LogP contribution in [0.25, 0.3) is 11.0 Å². The zero-order valence-corrected chi connectivity index (χ0v) is 15.6. The van der Waals surface area contributed by atoms with Crippen LogP contribution in [-0.4, -0.2) is 7.11 Å². The van der Waals surface area contributed by atoms with Gasteiger partial charge in [0.25, 0.3) is 0 Å². The van der Waals surface area contributed by atoms with E-state index in [1.54, 1.807) is 61.7 Å². The Morgan fingerprint density at radius 1 is 0.931 bits per heavy atom. The maximum atomic E-state index is 13.3. The third-order valence-corrected chi connectivity index (χ3v) is 4.30. The van der Waals surface area contributed by atoms with Crippen LogP contribution in [0.5, 0.6) is 23.0 Å². The molecule has 4 aromatic rings. The van der Waals surface area contributed by atoms with Crippen molar-refractivity contribution in [2.45, 2.75) is 6.61 Å². The number of hydrogen-bond acceptors (Lipinski definition) is 5. The highest BCUT2D eigenvalue weighted by Gasteiger charge is 2.11. The Labute approximate surface area is 165 Å². The number of rotatable bonds is 6. The van der Waals surface area contributed by atoms with Gasteiger partial charge in [0, 0.05) is 6.07 Å². The summed E-state index contributed by atoms with van der Waals surface area (Å²) in [5.41, 5.74) is 0.780. The van der Waals surface area contributed by atoms with Crippen LogP contribution in [0.4, 0.5) is 4.39 Å². The molecule has 0 atom stereocenters. The van der Waals surface area contributed by atoms with Gasteiger partial charge < -0.3 is 18.6 Å². The summed E-state index contributed by atoms with van der Waals surface area (Å²) in [7, 11) is 1.57. The van der Waals surface area contributed by atoms with Crippen LogP contribution in [0.1, 0.15) is 5.56 Å². The van der Waals surface area contributed by atoms with Crippen LogP contribution in [-0.2, 0) is 6.61 Å². The van der Waals surface area contributed by atoms with Crippen molar-refractivity contribution in [2.75, 3.05) is 7.11 Å². The first-order valence-electron chi connectivity index (χ1n) is 8.87. The SMILES string of the molecule is COc1ccc(Oc2coc3cc(OCc4cccc(F)c4)ccc3c2=O)cc1. The standard InChI is InChI=1S/C23H17FO5/c1-26-17-5-7-18(8-6-17)29-22-14-28-21-12-19(9-10-20(21)23(22)25)27-13-15-3-2-4-16(24)11-15/h2-12,14H,13H2,1H3. The lowest BCUT2D eigenvalue weighted by Gasteiger charge is -2.09. The molecular weight excluding hydrogens is 375 g/mol. The quantitative estimate of drug-likeness (QED) is 0.445. The van der Waals surface area contributed by atoms with Gasteiger partial charge in [0.1, 0.15) is 41.5 Å². The second-order valence-electron chi connectivity index (χ2n) is 6.28. The molecule has 29 heavy (non-hydrogen) atoms. The van der Waals surface area contributed by atoms with Crippen LogP contribution in [0.2, 0.25) is 0 Å². The summed E-state index contributed by atoms with van der Waals surface area (Å²) in [5, 5.41) is 0.370. The third kappa shape index (κ3) is 4.21. The summed E-state index contributed by atoms with van der Waals surface area (Å²) in [6, 6.07) is 17.9. The normalized spacial score (nSPS) is 10.7. The summed E-state index contributed by atoms with van der Waals surface area (Å²) in [6.07, 6.45) is 1.27. The Morgan fingerprint density at radius 2 is 1.69 bits per heavy atom.